The third-order valence-corrected chi connectivity index (χ3v) is 5.65. The molecule has 0 heterocycles. The van der Waals surface area contributed by atoms with Crippen LogP contribution in [-0.2, 0) is 0 Å². The smallest absolute Gasteiger partial charge is 0.306 e. The SMILES string of the molecule is CCCCCCCCCCCCC(c1ccccc1)[N+](C)(C)C(=O)NCC. The summed E-state index contributed by atoms with van der Waals surface area (Å²) in [5.74, 6) is 0. The Morgan fingerprint density at radius 3 is 1.89 bits per heavy atom. The van der Waals surface area contributed by atoms with Crippen LogP contribution in [0.5, 0.6) is 0 Å². The predicted octanol–water partition coefficient (Wildman–Crippen LogP) is 6.84. The maximum Gasteiger partial charge on any atom is 0.416 e. The maximum absolute atomic E-state index is 12.6. The molecular weight excluding hydrogens is 332 g/mol. The molecule has 1 atom stereocenters. The van der Waals surface area contributed by atoms with Crippen LogP contribution in [0.3, 0.4) is 0 Å². The van der Waals surface area contributed by atoms with Gasteiger partial charge in [0.15, 0.2) is 0 Å². The zero-order valence-corrected chi connectivity index (χ0v) is 18.3. The summed E-state index contributed by atoms with van der Waals surface area (Å²) in [6.07, 6.45) is 14.5. The zero-order valence-electron chi connectivity index (χ0n) is 18.3. The Morgan fingerprint density at radius 2 is 1.37 bits per heavy atom. The molecule has 0 aliphatic rings. The van der Waals surface area contributed by atoms with Crippen LogP contribution in [0.15, 0.2) is 30.3 Å². The number of hydrogen-bond acceptors (Lipinski definition) is 1. The molecule has 0 radical (unpaired) electrons. The first-order valence-corrected chi connectivity index (χ1v) is 11.2. The number of carbonyl (C=O) groups is 1. The van der Waals surface area contributed by atoms with Crippen LogP contribution in [-0.4, -0.2) is 31.2 Å². The second-order valence-electron chi connectivity index (χ2n) is 8.27. The molecule has 27 heavy (non-hydrogen) atoms. The van der Waals surface area contributed by atoms with Crippen molar-refractivity contribution in [2.45, 2.75) is 90.5 Å². The summed E-state index contributed by atoms with van der Waals surface area (Å²) in [5, 5.41) is 3.01. The van der Waals surface area contributed by atoms with Gasteiger partial charge in [-0.25, -0.2) is 9.28 Å². The lowest BCUT2D eigenvalue weighted by atomic mass is 9.97. The summed E-state index contributed by atoms with van der Waals surface area (Å²) in [4.78, 5) is 12.6. The number of urea groups is 1. The van der Waals surface area contributed by atoms with Gasteiger partial charge in [0.2, 0.25) is 0 Å². The van der Waals surface area contributed by atoms with Gasteiger partial charge in [-0.05, 0) is 13.3 Å². The minimum Gasteiger partial charge on any atom is -0.306 e. The average Bonchev–Trinajstić information content (AvgIpc) is 2.67. The largest absolute Gasteiger partial charge is 0.416 e. The molecule has 3 heteroatoms. The molecule has 0 aliphatic heterocycles. The highest BCUT2D eigenvalue weighted by molar-refractivity contribution is 5.66. The summed E-state index contributed by atoms with van der Waals surface area (Å²) in [5.41, 5.74) is 1.27. The van der Waals surface area contributed by atoms with E-state index in [0.29, 0.717) is 11.0 Å². The molecule has 3 nitrogen and oxygen atoms in total. The Balaban J connectivity index is 2.44. The van der Waals surface area contributed by atoms with Gasteiger partial charge >= 0.3 is 6.03 Å². The first-order chi connectivity index (χ1) is 13.0. The standard InChI is InChI=1S/C24H42N2O/c1-5-7-8-9-10-11-12-13-14-18-21-23(22-19-16-15-17-20-22)26(3,4)24(27)25-6-2/h15-17,19-20,23H,5-14,18,21H2,1-4H3/p+1. The molecule has 0 fully saturated rings. The van der Waals surface area contributed by atoms with Crippen molar-refractivity contribution in [3.05, 3.63) is 35.9 Å². The minimum atomic E-state index is 0.110. The van der Waals surface area contributed by atoms with Crippen LogP contribution in [0.1, 0.15) is 96.1 Å². The van der Waals surface area contributed by atoms with E-state index in [4.69, 9.17) is 0 Å². The van der Waals surface area contributed by atoms with Crippen molar-refractivity contribution in [3.8, 4) is 0 Å². The van der Waals surface area contributed by atoms with E-state index in [2.05, 4.69) is 36.5 Å². The summed E-state index contributed by atoms with van der Waals surface area (Å²) >= 11 is 0. The first kappa shape index (κ1) is 23.7. The van der Waals surface area contributed by atoms with Crippen molar-refractivity contribution in [2.75, 3.05) is 20.6 Å². The van der Waals surface area contributed by atoms with Crippen LogP contribution in [0.25, 0.3) is 0 Å². The number of nitrogens with one attached hydrogen (secondary N) is 1. The maximum atomic E-state index is 12.6. The highest BCUT2D eigenvalue weighted by atomic mass is 16.2. The molecule has 1 unspecified atom stereocenters. The average molecular weight is 376 g/mol. The zero-order chi connectivity index (χ0) is 20.0. The molecule has 0 spiro atoms. The third-order valence-electron chi connectivity index (χ3n) is 5.65. The van der Waals surface area contributed by atoms with Gasteiger partial charge in [0.25, 0.3) is 0 Å². The van der Waals surface area contributed by atoms with Crippen LogP contribution < -0.4 is 5.32 Å². The number of unbranched alkanes of at least 4 members (excludes halogenated alkanes) is 9. The Morgan fingerprint density at radius 1 is 0.852 bits per heavy atom. The lowest BCUT2D eigenvalue weighted by molar-refractivity contribution is -0.843. The molecule has 1 aromatic carbocycles. The fourth-order valence-corrected chi connectivity index (χ4v) is 3.86. The molecule has 0 aliphatic carbocycles. The van der Waals surface area contributed by atoms with Gasteiger partial charge in [-0.1, -0.05) is 95.0 Å². The van der Waals surface area contributed by atoms with Crippen LogP contribution >= 0.6 is 0 Å². The van der Waals surface area contributed by atoms with Crippen LogP contribution in [0.2, 0.25) is 0 Å². The molecule has 1 N–H and O–H groups in total. The summed E-state index contributed by atoms with van der Waals surface area (Å²) in [7, 11) is 4.08. The van der Waals surface area contributed by atoms with E-state index in [0.717, 1.165) is 6.42 Å². The van der Waals surface area contributed by atoms with Crippen molar-refractivity contribution >= 4 is 6.03 Å². The number of hydrogen-bond donors (Lipinski definition) is 1. The second kappa shape index (κ2) is 13.8. The molecule has 0 bridgehead atoms. The number of nitrogens with zero attached hydrogens (tertiary/aromatic N) is 1. The Labute approximate surface area is 168 Å². The van der Waals surface area contributed by atoms with Gasteiger partial charge in [0.1, 0.15) is 6.04 Å². The third kappa shape index (κ3) is 8.92. The molecule has 1 rings (SSSR count). The van der Waals surface area contributed by atoms with E-state index in [9.17, 15) is 4.79 Å². The number of quaternary nitrogens is 1. The van der Waals surface area contributed by atoms with E-state index in [1.807, 2.05) is 27.1 Å². The lowest BCUT2D eigenvalue weighted by Crippen LogP contribution is -2.53. The Hall–Kier alpha value is -1.35. The molecule has 1 aromatic rings. The number of benzene rings is 1. The summed E-state index contributed by atoms with van der Waals surface area (Å²) in [6, 6.07) is 10.9. The van der Waals surface area contributed by atoms with Crippen LogP contribution in [0, 0.1) is 0 Å². The van der Waals surface area contributed by atoms with Crippen molar-refractivity contribution < 1.29 is 9.28 Å². The van der Waals surface area contributed by atoms with E-state index >= 15 is 0 Å². The number of carbonyl (C=O) groups excluding carboxylic acids is 1. The summed E-state index contributed by atoms with van der Waals surface area (Å²) < 4.78 is 0.370. The minimum absolute atomic E-state index is 0.110. The van der Waals surface area contributed by atoms with Crippen LogP contribution in [0.4, 0.5) is 4.79 Å². The molecular formula is C24H43N2O+. The van der Waals surface area contributed by atoms with Crippen molar-refractivity contribution in [2.24, 2.45) is 0 Å². The van der Waals surface area contributed by atoms with Gasteiger partial charge in [-0.2, -0.15) is 0 Å². The normalized spacial score (nSPS) is 12.7. The fourth-order valence-electron chi connectivity index (χ4n) is 3.86. The van der Waals surface area contributed by atoms with E-state index in [-0.39, 0.29) is 12.1 Å². The van der Waals surface area contributed by atoms with Crippen molar-refractivity contribution in [3.63, 3.8) is 0 Å². The number of rotatable bonds is 14. The van der Waals surface area contributed by atoms with Crippen molar-refractivity contribution in [1.82, 2.24) is 5.32 Å². The van der Waals surface area contributed by atoms with E-state index < -0.39 is 0 Å². The van der Waals surface area contributed by atoms with Gasteiger partial charge in [-0.3, -0.25) is 0 Å². The predicted molar refractivity (Wildman–Crippen MR) is 117 cm³/mol. The van der Waals surface area contributed by atoms with Gasteiger partial charge < -0.3 is 5.32 Å². The van der Waals surface area contributed by atoms with E-state index in [1.165, 1.54) is 69.8 Å². The lowest BCUT2D eigenvalue weighted by Gasteiger charge is -2.35. The summed E-state index contributed by atoms with van der Waals surface area (Å²) in [6.45, 7) is 4.94. The van der Waals surface area contributed by atoms with E-state index in [1.54, 1.807) is 0 Å². The molecule has 2 amide bonds. The second-order valence-corrected chi connectivity index (χ2v) is 8.27. The molecule has 0 saturated heterocycles. The fraction of sp³-hybridized carbons (Fsp3) is 0.708. The Kier molecular flexibility index (Phi) is 12.1. The number of amides is 2. The highest BCUT2D eigenvalue weighted by Crippen LogP contribution is 2.31. The molecule has 0 saturated carbocycles. The van der Waals surface area contributed by atoms with Crippen molar-refractivity contribution in [1.29, 1.82) is 0 Å². The monoisotopic (exact) mass is 375 g/mol. The van der Waals surface area contributed by atoms with Gasteiger partial charge in [0, 0.05) is 18.5 Å². The highest BCUT2D eigenvalue weighted by Gasteiger charge is 2.36. The topological polar surface area (TPSA) is 29.1 Å². The van der Waals surface area contributed by atoms with Gasteiger partial charge in [-0.15, -0.1) is 0 Å². The van der Waals surface area contributed by atoms with Gasteiger partial charge in [0.05, 0.1) is 14.1 Å². The first-order valence-electron chi connectivity index (χ1n) is 11.2. The quantitative estimate of drug-likeness (QED) is 0.280. The Bertz CT molecular complexity index is 498. The molecule has 0 aromatic heterocycles. The molecule has 154 valence electrons.